The maximum atomic E-state index is 12.7. The van der Waals surface area contributed by atoms with Gasteiger partial charge in [-0.15, -0.1) is 0 Å². The van der Waals surface area contributed by atoms with E-state index in [1.165, 1.54) is 36.8 Å². The molecule has 2 N–H and O–H groups in total. The molecule has 2 aromatic rings. The average molecular weight is 510 g/mol. The number of fused-ring (bicyclic) bond motifs is 1. The number of amides is 2. The second-order valence-electron chi connectivity index (χ2n) is 10.5. The zero-order valence-corrected chi connectivity index (χ0v) is 22.3. The van der Waals surface area contributed by atoms with Gasteiger partial charge in [0.05, 0.1) is 14.2 Å². The lowest BCUT2D eigenvalue weighted by atomic mass is 9.65. The maximum Gasteiger partial charge on any atom is 0.324 e. The molecule has 7 heteroatoms. The molecular formula is C29H39N3O3S. The molecule has 0 spiro atoms. The van der Waals surface area contributed by atoms with Crippen molar-refractivity contribution >= 4 is 18.0 Å². The summed E-state index contributed by atoms with van der Waals surface area (Å²) in [6, 6.07) is 17.6. The van der Waals surface area contributed by atoms with Gasteiger partial charge in [-0.25, -0.2) is 4.79 Å². The second kappa shape index (κ2) is 11.3. The Morgan fingerprint density at radius 1 is 1.03 bits per heavy atom. The topological polar surface area (TPSA) is 62.8 Å². The van der Waals surface area contributed by atoms with E-state index in [1.54, 1.807) is 26.2 Å². The molecule has 2 aromatic carbocycles. The van der Waals surface area contributed by atoms with Gasteiger partial charge in [0, 0.05) is 29.3 Å². The van der Waals surface area contributed by atoms with Gasteiger partial charge in [0.25, 0.3) is 0 Å². The molecule has 6 nitrogen and oxygen atoms in total. The third kappa shape index (κ3) is 5.32. The molecule has 194 valence electrons. The van der Waals surface area contributed by atoms with Crippen LogP contribution >= 0.6 is 11.9 Å². The summed E-state index contributed by atoms with van der Waals surface area (Å²) in [5.41, 5.74) is 2.70. The van der Waals surface area contributed by atoms with Crippen molar-refractivity contribution in [3.05, 3.63) is 59.7 Å². The highest BCUT2D eigenvalue weighted by molar-refractivity contribution is 7.98. The van der Waals surface area contributed by atoms with Crippen LogP contribution in [0.3, 0.4) is 0 Å². The van der Waals surface area contributed by atoms with Crippen LogP contribution in [0, 0.1) is 0 Å². The molecule has 1 saturated heterocycles. The first-order valence-electron chi connectivity index (χ1n) is 13.3. The Hall–Kier alpha value is -2.38. The smallest absolute Gasteiger partial charge is 0.324 e. The minimum Gasteiger partial charge on any atom is -0.493 e. The van der Waals surface area contributed by atoms with Gasteiger partial charge in [-0.2, -0.15) is 0 Å². The summed E-state index contributed by atoms with van der Waals surface area (Å²) < 4.78 is 14.3. The Bertz CT molecular complexity index is 1030. The van der Waals surface area contributed by atoms with E-state index in [9.17, 15) is 4.79 Å². The van der Waals surface area contributed by atoms with Crippen molar-refractivity contribution in [2.75, 3.05) is 20.8 Å². The van der Waals surface area contributed by atoms with Crippen LogP contribution in [0.25, 0.3) is 0 Å². The van der Waals surface area contributed by atoms with Crippen LogP contribution in [-0.2, 0) is 12.0 Å². The molecule has 0 radical (unpaired) electrons. The summed E-state index contributed by atoms with van der Waals surface area (Å²) in [6.45, 7) is 1.97. The van der Waals surface area contributed by atoms with Gasteiger partial charge in [0.1, 0.15) is 0 Å². The second-order valence-corrected chi connectivity index (χ2v) is 11.6. The molecule has 2 amide bonds. The van der Waals surface area contributed by atoms with E-state index in [-0.39, 0.29) is 17.5 Å². The standard InChI is InChI=1S/C29H39N3O3S/c1-34-25-13-12-22(18-26(25)35-2)29-15-14-23(30-28(33)31-36-24-10-6-7-11-24)19-27(29)32(17-16-29)20-21-8-4-3-5-9-21/h3-5,8-9,12-13,18,23-24,27H,6-7,10-11,14-17,19-20H2,1-2H3,(H2,30,31,33). The Balaban J connectivity index is 1.34. The third-order valence-corrected chi connectivity index (χ3v) is 9.62. The largest absolute Gasteiger partial charge is 0.493 e. The quantitative estimate of drug-likeness (QED) is 0.450. The number of benzene rings is 2. The number of hydrogen-bond donors (Lipinski definition) is 2. The van der Waals surface area contributed by atoms with E-state index < -0.39 is 0 Å². The van der Waals surface area contributed by atoms with Crippen molar-refractivity contribution in [2.24, 2.45) is 0 Å². The highest BCUT2D eigenvalue weighted by atomic mass is 32.2. The SMILES string of the molecule is COc1ccc(C23CCC(NC(=O)NSC4CCCC4)CC2N(Cc2ccccc2)CC3)cc1OC. The molecule has 3 fully saturated rings. The predicted octanol–water partition coefficient (Wildman–Crippen LogP) is 5.66. The number of hydrogen-bond acceptors (Lipinski definition) is 5. The number of methoxy groups -OCH3 is 2. The summed E-state index contributed by atoms with van der Waals surface area (Å²) in [7, 11) is 3.39. The van der Waals surface area contributed by atoms with Crippen LogP contribution in [0.4, 0.5) is 4.79 Å². The fourth-order valence-corrected chi connectivity index (χ4v) is 7.53. The van der Waals surface area contributed by atoms with Gasteiger partial charge >= 0.3 is 6.03 Å². The van der Waals surface area contributed by atoms with Gasteiger partial charge in [-0.1, -0.05) is 49.2 Å². The molecule has 2 saturated carbocycles. The van der Waals surface area contributed by atoms with Crippen molar-refractivity contribution < 1.29 is 14.3 Å². The summed E-state index contributed by atoms with van der Waals surface area (Å²) in [5.74, 6) is 1.55. The summed E-state index contributed by atoms with van der Waals surface area (Å²) in [6.07, 6.45) is 9.04. The first-order chi connectivity index (χ1) is 17.6. The molecule has 1 aliphatic heterocycles. The van der Waals surface area contributed by atoms with Crippen LogP contribution < -0.4 is 19.5 Å². The summed E-state index contributed by atoms with van der Waals surface area (Å²) in [5, 5.41) is 3.87. The van der Waals surface area contributed by atoms with E-state index in [0.717, 1.165) is 50.3 Å². The van der Waals surface area contributed by atoms with Crippen molar-refractivity contribution in [2.45, 2.75) is 80.7 Å². The fourth-order valence-electron chi connectivity index (χ4n) is 6.62. The number of nitrogens with zero attached hydrogens (tertiary/aromatic N) is 1. The van der Waals surface area contributed by atoms with Crippen molar-refractivity contribution in [3.8, 4) is 11.5 Å². The molecule has 1 heterocycles. The summed E-state index contributed by atoms with van der Waals surface area (Å²) in [4.78, 5) is 15.4. The average Bonchev–Trinajstić information content (AvgIpc) is 3.56. The molecular weight excluding hydrogens is 470 g/mol. The van der Waals surface area contributed by atoms with Crippen molar-refractivity contribution in [1.29, 1.82) is 0 Å². The Morgan fingerprint density at radius 2 is 1.81 bits per heavy atom. The molecule has 3 aliphatic rings. The lowest BCUT2D eigenvalue weighted by Gasteiger charge is -2.45. The molecule has 3 unspecified atom stereocenters. The molecule has 36 heavy (non-hydrogen) atoms. The predicted molar refractivity (Wildman–Crippen MR) is 146 cm³/mol. The minimum absolute atomic E-state index is 0.0388. The molecule has 3 atom stereocenters. The van der Waals surface area contributed by atoms with E-state index in [1.807, 2.05) is 6.07 Å². The van der Waals surface area contributed by atoms with Crippen LogP contribution in [0.1, 0.15) is 62.5 Å². The number of carbonyl (C=O) groups is 1. The van der Waals surface area contributed by atoms with Gasteiger partial charge in [0.2, 0.25) is 0 Å². The van der Waals surface area contributed by atoms with Crippen LogP contribution in [0.5, 0.6) is 11.5 Å². The number of ether oxygens (including phenoxy) is 2. The zero-order valence-electron chi connectivity index (χ0n) is 21.5. The number of nitrogens with one attached hydrogen (secondary N) is 2. The van der Waals surface area contributed by atoms with E-state index in [2.05, 4.69) is 57.4 Å². The Labute approximate surface area is 219 Å². The van der Waals surface area contributed by atoms with Crippen LogP contribution in [0.2, 0.25) is 0 Å². The van der Waals surface area contributed by atoms with Gasteiger partial charge in [-0.3, -0.25) is 9.62 Å². The van der Waals surface area contributed by atoms with Gasteiger partial charge in [-0.05, 0) is 80.3 Å². The number of rotatable bonds is 8. The molecule has 2 aliphatic carbocycles. The number of urea groups is 1. The molecule has 5 rings (SSSR count). The molecule has 0 bridgehead atoms. The lowest BCUT2D eigenvalue weighted by molar-refractivity contribution is 0.130. The highest BCUT2D eigenvalue weighted by Crippen LogP contribution is 2.50. The lowest BCUT2D eigenvalue weighted by Crippen LogP contribution is -2.53. The number of likely N-dealkylation sites (tertiary alicyclic amines) is 1. The van der Waals surface area contributed by atoms with E-state index in [4.69, 9.17) is 9.47 Å². The van der Waals surface area contributed by atoms with Gasteiger partial charge in [0.15, 0.2) is 11.5 Å². The van der Waals surface area contributed by atoms with Gasteiger partial charge < -0.3 is 14.8 Å². The third-order valence-electron chi connectivity index (χ3n) is 8.51. The Kier molecular flexibility index (Phi) is 7.96. The first-order valence-corrected chi connectivity index (χ1v) is 14.2. The van der Waals surface area contributed by atoms with Crippen molar-refractivity contribution in [1.82, 2.24) is 14.9 Å². The van der Waals surface area contributed by atoms with Crippen LogP contribution in [-0.4, -0.2) is 49.0 Å². The molecule has 0 aromatic heterocycles. The normalized spacial score (nSPS) is 26.4. The minimum atomic E-state index is -0.0388. The van der Waals surface area contributed by atoms with Crippen molar-refractivity contribution in [3.63, 3.8) is 0 Å². The first kappa shape index (κ1) is 25.3. The monoisotopic (exact) mass is 509 g/mol. The van der Waals surface area contributed by atoms with E-state index >= 15 is 0 Å². The van der Waals surface area contributed by atoms with Crippen LogP contribution in [0.15, 0.2) is 48.5 Å². The fraction of sp³-hybridized carbons (Fsp3) is 0.552. The maximum absolute atomic E-state index is 12.7. The Morgan fingerprint density at radius 3 is 2.56 bits per heavy atom. The van der Waals surface area contributed by atoms with E-state index in [0.29, 0.717) is 11.3 Å². The summed E-state index contributed by atoms with van der Waals surface area (Å²) >= 11 is 1.61. The zero-order chi connectivity index (χ0) is 25.0. The highest BCUT2D eigenvalue weighted by Gasteiger charge is 2.51. The number of carbonyl (C=O) groups excluding carboxylic acids is 1.